The summed E-state index contributed by atoms with van der Waals surface area (Å²) in [6.45, 7) is 2.53. The summed E-state index contributed by atoms with van der Waals surface area (Å²) >= 11 is 0. The van der Waals surface area contributed by atoms with Gasteiger partial charge in [0.05, 0.1) is 0 Å². The van der Waals surface area contributed by atoms with Crippen LogP contribution in [0, 0.1) is 5.92 Å². The molecule has 1 aliphatic rings. The number of piperidine rings is 1. The van der Waals surface area contributed by atoms with Gasteiger partial charge in [0.25, 0.3) is 0 Å². The first-order valence-electron chi connectivity index (χ1n) is 4.94. The third kappa shape index (κ3) is 2.88. The van der Waals surface area contributed by atoms with E-state index in [4.69, 9.17) is 5.73 Å². The zero-order chi connectivity index (χ0) is 9.68. The van der Waals surface area contributed by atoms with E-state index in [2.05, 4.69) is 5.32 Å². The fourth-order valence-corrected chi connectivity index (χ4v) is 1.82. The van der Waals surface area contributed by atoms with Gasteiger partial charge in [-0.05, 0) is 31.7 Å². The largest absolute Gasteiger partial charge is 0.341 e. The zero-order valence-corrected chi connectivity index (χ0v) is 8.25. The lowest BCUT2D eigenvalue weighted by atomic mass is 9.94. The Hall–Kier alpha value is -0.770. The van der Waals surface area contributed by atoms with Crippen LogP contribution >= 0.6 is 0 Å². The number of urea groups is 1. The van der Waals surface area contributed by atoms with E-state index in [1.165, 1.54) is 0 Å². The molecule has 13 heavy (non-hydrogen) atoms. The first-order chi connectivity index (χ1) is 6.27. The second-order valence-corrected chi connectivity index (χ2v) is 3.56. The number of hydrogen-bond acceptors (Lipinski definition) is 2. The summed E-state index contributed by atoms with van der Waals surface area (Å²) < 4.78 is 0. The van der Waals surface area contributed by atoms with E-state index in [1.807, 2.05) is 4.90 Å². The summed E-state index contributed by atoms with van der Waals surface area (Å²) in [5.74, 6) is 0.728. The Labute approximate surface area is 79.5 Å². The normalized spacial score (nSPS) is 18.8. The maximum absolute atomic E-state index is 11.2. The molecule has 3 N–H and O–H groups in total. The zero-order valence-electron chi connectivity index (χ0n) is 8.25. The molecule has 0 radical (unpaired) electrons. The van der Waals surface area contributed by atoms with Crippen molar-refractivity contribution in [3.63, 3.8) is 0 Å². The fraction of sp³-hybridized carbons (Fsp3) is 0.889. The van der Waals surface area contributed by atoms with Crippen molar-refractivity contribution in [3.05, 3.63) is 0 Å². The van der Waals surface area contributed by atoms with Crippen LogP contribution < -0.4 is 11.1 Å². The van der Waals surface area contributed by atoms with E-state index in [9.17, 15) is 4.79 Å². The standard InChI is InChI=1S/C9H19N3O/c1-11-9(13)12-6-3-8(2-5-10)4-7-12/h8H,2-7,10H2,1H3,(H,11,13). The van der Waals surface area contributed by atoms with E-state index in [-0.39, 0.29) is 6.03 Å². The van der Waals surface area contributed by atoms with E-state index in [0.717, 1.165) is 44.8 Å². The number of hydrogen-bond donors (Lipinski definition) is 2. The number of carbonyl (C=O) groups excluding carboxylic acids is 1. The molecule has 0 saturated carbocycles. The van der Waals surface area contributed by atoms with Crippen LogP contribution in [0.15, 0.2) is 0 Å². The molecule has 1 saturated heterocycles. The number of nitrogens with one attached hydrogen (secondary N) is 1. The van der Waals surface area contributed by atoms with Crippen LogP contribution in [-0.2, 0) is 0 Å². The van der Waals surface area contributed by atoms with Crippen LogP contribution in [-0.4, -0.2) is 37.6 Å². The Morgan fingerprint density at radius 2 is 2.15 bits per heavy atom. The number of nitrogens with two attached hydrogens (primary N) is 1. The molecule has 0 bridgehead atoms. The van der Waals surface area contributed by atoms with Crippen LogP contribution in [0.5, 0.6) is 0 Å². The minimum atomic E-state index is 0.0474. The van der Waals surface area contributed by atoms with Crippen LogP contribution in [0.2, 0.25) is 0 Å². The minimum absolute atomic E-state index is 0.0474. The summed E-state index contributed by atoms with van der Waals surface area (Å²) in [6, 6.07) is 0.0474. The molecule has 2 amide bonds. The van der Waals surface area contributed by atoms with Crippen molar-refractivity contribution in [2.75, 3.05) is 26.7 Å². The molecule has 1 rings (SSSR count). The Balaban J connectivity index is 2.26. The molecule has 0 atom stereocenters. The van der Waals surface area contributed by atoms with E-state index in [1.54, 1.807) is 7.05 Å². The maximum Gasteiger partial charge on any atom is 0.317 e. The van der Waals surface area contributed by atoms with Gasteiger partial charge in [0.15, 0.2) is 0 Å². The number of amides is 2. The van der Waals surface area contributed by atoms with Crippen molar-refractivity contribution in [1.29, 1.82) is 0 Å². The van der Waals surface area contributed by atoms with Gasteiger partial charge in [-0.1, -0.05) is 0 Å². The molecule has 0 aromatic rings. The molecule has 0 unspecified atom stereocenters. The molecule has 0 aliphatic carbocycles. The Bertz CT molecular complexity index is 164. The summed E-state index contributed by atoms with van der Waals surface area (Å²) in [5.41, 5.74) is 5.49. The number of carbonyl (C=O) groups is 1. The van der Waals surface area contributed by atoms with Crippen molar-refractivity contribution in [1.82, 2.24) is 10.2 Å². The topological polar surface area (TPSA) is 58.4 Å². The van der Waals surface area contributed by atoms with Gasteiger partial charge >= 0.3 is 6.03 Å². The van der Waals surface area contributed by atoms with Gasteiger partial charge in [-0.3, -0.25) is 0 Å². The van der Waals surface area contributed by atoms with Crippen LogP contribution in [0.25, 0.3) is 0 Å². The third-order valence-corrected chi connectivity index (χ3v) is 2.69. The van der Waals surface area contributed by atoms with Crippen molar-refractivity contribution in [3.8, 4) is 0 Å². The molecule has 4 heteroatoms. The highest BCUT2D eigenvalue weighted by molar-refractivity contribution is 5.73. The van der Waals surface area contributed by atoms with E-state index >= 15 is 0 Å². The lowest BCUT2D eigenvalue weighted by Gasteiger charge is -2.31. The highest BCUT2D eigenvalue weighted by atomic mass is 16.2. The molecular formula is C9H19N3O. The predicted octanol–water partition coefficient (Wildman–Crippen LogP) is 0.387. The molecule has 1 aliphatic heterocycles. The third-order valence-electron chi connectivity index (χ3n) is 2.69. The molecule has 4 nitrogen and oxygen atoms in total. The van der Waals surface area contributed by atoms with Gasteiger partial charge in [-0.2, -0.15) is 0 Å². The monoisotopic (exact) mass is 185 g/mol. The van der Waals surface area contributed by atoms with Gasteiger partial charge in [0.1, 0.15) is 0 Å². The van der Waals surface area contributed by atoms with Gasteiger partial charge < -0.3 is 16.0 Å². The molecule has 76 valence electrons. The molecule has 0 aromatic carbocycles. The SMILES string of the molecule is CNC(=O)N1CCC(CCN)CC1. The van der Waals surface area contributed by atoms with Crippen LogP contribution in [0.1, 0.15) is 19.3 Å². The minimum Gasteiger partial charge on any atom is -0.341 e. The fourth-order valence-electron chi connectivity index (χ4n) is 1.82. The summed E-state index contributed by atoms with van der Waals surface area (Å²) in [7, 11) is 1.67. The quantitative estimate of drug-likeness (QED) is 0.653. The summed E-state index contributed by atoms with van der Waals surface area (Å²) in [4.78, 5) is 13.1. The second-order valence-electron chi connectivity index (χ2n) is 3.56. The summed E-state index contributed by atoms with van der Waals surface area (Å²) in [6.07, 6.45) is 3.30. The average molecular weight is 185 g/mol. The van der Waals surface area contributed by atoms with Gasteiger partial charge in [0, 0.05) is 20.1 Å². The predicted molar refractivity (Wildman–Crippen MR) is 52.4 cm³/mol. The van der Waals surface area contributed by atoms with E-state index in [0.29, 0.717) is 0 Å². The Kier molecular flexibility index (Phi) is 4.02. The van der Waals surface area contributed by atoms with Crippen molar-refractivity contribution in [2.24, 2.45) is 11.7 Å². The lowest BCUT2D eigenvalue weighted by Crippen LogP contribution is -2.43. The molecule has 0 spiro atoms. The van der Waals surface area contributed by atoms with Crippen molar-refractivity contribution >= 4 is 6.03 Å². The molecule has 0 aromatic heterocycles. The summed E-state index contributed by atoms with van der Waals surface area (Å²) in [5, 5.41) is 2.64. The Morgan fingerprint density at radius 3 is 2.62 bits per heavy atom. The first-order valence-corrected chi connectivity index (χ1v) is 4.94. The van der Waals surface area contributed by atoms with Gasteiger partial charge in [-0.25, -0.2) is 4.79 Å². The second kappa shape index (κ2) is 5.07. The van der Waals surface area contributed by atoms with Crippen molar-refractivity contribution < 1.29 is 4.79 Å². The molecule has 1 heterocycles. The highest BCUT2D eigenvalue weighted by Crippen LogP contribution is 2.19. The number of nitrogens with zero attached hydrogens (tertiary/aromatic N) is 1. The van der Waals surface area contributed by atoms with E-state index < -0.39 is 0 Å². The molecular weight excluding hydrogens is 166 g/mol. The van der Waals surface area contributed by atoms with Crippen molar-refractivity contribution in [2.45, 2.75) is 19.3 Å². The van der Waals surface area contributed by atoms with Crippen LogP contribution in [0.4, 0.5) is 4.79 Å². The maximum atomic E-state index is 11.2. The van der Waals surface area contributed by atoms with Crippen LogP contribution in [0.3, 0.4) is 0 Å². The van der Waals surface area contributed by atoms with Gasteiger partial charge in [-0.15, -0.1) is 0 Å². The van der Waals surface area contributed by atoms with Gasteiger partial charge in [0.2, 0.25) is 0 Å². The smallest absolute Gasteiger partial charge is 0.317 e. The average Bonchev–Trinajstić information content (AvgIpc) is 2.18. The highest BCUT2D eigenvalue weighted by Gasteiger charge is 2.20. The lowest BCUT2D eigenvalue weighted by molar-refractivity contribution is 0.170. The molecule has 1 fully saturated rings. The first kappa shape index (κ1) is 10.3. The Morgan fingerprint density at radius 1 is 1.54 bits per heavy atom. The number of rotatable bonds is 2. The number of likely N-dealkylation sites (tertiary alicyclic amines) is 1.